The largest absolute Gasteiger partial charge is 0.340 e. The molecule has 0 unspecified atom stereocenters. The molecular weight excluding hydrogens is 320 g/mol. The zero-order valence-corrected chi connectivity index (χ0v) is 14.9. The van der Waals surface area contributed by atoms with Crippen LogP contribution in [0.4, 0.5) is 0 Å². The van der Waals surface area contributed by atoms with Crippen LogP contribution in [0.1, 0.15) is 18.4 Å². The molecule has 1 N–H and O–H groups in total. The van der Waals surface area contributed by atoms with Gasteiger partial charge >= 0.3 is 0 Å². The third-order valence-corrected chi connectivity index (χ3v) is 4.34. The number of halogens is 1. The number of carbonyl (C=O) groups is 1. The molecule has 0 radical (unpaired) electrons. The van der Waals surface area contributed by atoms with Gasteiger partial charge in [0.2, 0.25) is 5.91 Å². The zero-order valence-electron chi connectivity index (χ0n) is 14.1. The fraction of sp³-hybridized carbons (Fsp3) is 0.350. The molecular formula is C20H25ClN2O. The van der Waals surface area contributed by atoms with Crippen LogP contribution in [-0.2, 0) is 11.3 Å². The van der Waals surface area contributed by atoms with Crippen molar-refractivity contribution in [1.29, 1.82) is 0 Å². The molecule has 0 atom stereocenters. The van der Waals surface area contributed by atoms with E-state index in [1.165, 1.54) is 29.5 Å². The topological polar surface area (TPSA) is 32.3 Å². The minimum atomic E-state index is 0. The highest BCUT2D eigenvalue weighted by Crippen LogP contribution is 2.27. The Hall–Kier alpha value is -1.84. The maximum atomic E-state index is 12.3. The van der Waals surface area contributed by atoms with Gasteiger partial charge in [-0.15, -0.1) is 12.4 Å². The molecule has 0 spiro atoms. The molecule has 0 aromatic heterocycles. The lowest BCUT2D eigenvalue weighted by Crippen LogP contribution is -2.36. The Balaban J connectivity index is 0.00000208. The molecule has 2 aromatic rings. The molecule has 4 heteroatoms. The van der Waals surface area contributed by atoms with E-state index in [9.17, 15) is 4.79 Å². The molecule has 0 bridgehead atoms. The highest BCUT2D eigenvalue weighted by molar-refractivity contribution is 5.85. The van der Waals surface area contributed by atoms with Gasteiger partial charge in [0.25, 0.3) is 0 Å². The summed E-state index contributed by atoms with van der Waals surface area (Å²) in [6.45, 7) is 2.04. The van der Waals surface area contributed by atoms with Crippen LogP contribution in [-0.4, -0.2) is 30.9 Å². The van der Waals surface area contributed by atoms with Crippen LogP contribution in [0.15, 0.2) is 54.6 Å². The van der Waals surface area contributed by atoms with Gasteiger partial charge in [-0.05, 0) is 42.0 Å². The molecule has 2 aromatic carbocycles. The molecule has 0 heterocycles. The van der Waals surface area contributed by atoms with E-state index in [4.69, 9.17) is 0 Å². The van der Waals surface area contributed by atoms with E-state index in [1.807, 2.05) is 42.3 Å². The normalized spacial score (nSPS) is 13.2. The van der Waals surface area contributed by atoms with Crippen molar-refractivity contribution >= 4 is 18.3 Å². The van der Waals surface area contributed by atoms with E-state index in [2.05, 4.69) is 29.6 Å². The number of hydrogen-bond acceptors (Lipinski definition) is 2. The third-order valence-electron chi connectivity index (χ3n) is 4.34. The van der Waals surface area contributed by atoms with Crippen LogP contribution in [0, 0.1) is 5.92 Å². The summed E-state index contributed by atoms with van der Waals surface area (Å²) in [4.78, 5) is 14.1. The van der Waals surface area contributed by atoms with Gasteiger partial charge in [0.05, 0.1) is 6.54 Å². The maximum Gasteiger partial charge on any atom is 0.236 e. The van der Waals surface area contributed by atoms with Crippen LogP contribution in [0.25, 0.3) is 11.1 Å². The second-order valence-electron chi connectivity index (χ2n) is 6.35. The number of benzene rings is 2. The van der Waals surface area contributed by atoms with E-state index in [0.29, 0.717) is 13.1 Å². The lowest BCUT2D eigenvalue weighted by molar-refractivity contribution is -0.129. The average Bonchev–Trinajstić information content (AvgIpc) is 3.40. The van der Waals surface area contributed by atoms with Crippen molar-refractivity contribution in [3.05, 3.63) is 60.2 Å². The number of amides is 1. The molecule has 128 valence electrons. The van der Waals surface area contributed by atoms with Crippen LogP contribution >= 0.6 is 12.4 Å². The predicted octanol–water partition coefficient (Wildman–Crippen LogP) is 3.73. The lowest BCUT2D eigenvalue weighted by atomic mass is 9.99. The molecule has 24 heavy (non-hydrogen) atoms. The maximum absolute atomic E-state index is 12.3. The number of nitrogens with zero attached hydrogens (tertiary/aromatic N) is 1. The van der Waals surface area contributed by atoms with Gasteiger partial charge in [-0.3, -0.25) is 4.79 Å². The smallest absolute Gasteiger partial charge is 0.236 e. The number of hydrogen-bond donors (Lipinski definition) is 1. The SMILES string of the molecule is CN(Cc1ccccc1-c1ccccc1)C(=O)CNCC1CC1.Cl. The van der Waals surface area contributed by atoms with Crippen molar-refractivity contribution in [2.24, 2.45) is 5.92 Å². The Labute approximate surface area is 150 Å². The number of rotatable bonds is 7. The van der Waals surface area contributed by atoms with E-state index >= 15 is 0 Å². The first-order valence-corrected chi connectivity index (χ1v) is 8.32. The second-order valence-corrected chi connectivity index (χ2v) is 6.35. The zero-order chi connectivity index (χ0) is 16.1. The summed E-state index contributed by atoms with van der Waals surface area (Å²) in [5.74, 6) is 0.945. The molecule has 3 nitrogen and oxygen atoms in total. The van der Waals surface area contributed by atoms with Crippen molar-refractivity contribution in [3.63, 3.8) is 0 Å². The molecule has 1 aliphatic rings. The van der Waals surface area contributed by atoms with Crippen LogP contribution < -0.4 is 5.32 Å². The highest BCUT2D eigenvalue weighted by atomic mass is 35.5. The number of likely N-dealkylation sites (N-methyl/N-ethyl adjacent to an activating group) is 1. The first-order chi connectivity index (χ1) is 11.2. The molecule has 1 saturated carbocycles. The Kier molecular flexibility index (Phi) is 6.83. The Morgan fingerprint density at radius 1 is 1.08 bits per heavy atom. The van der Waals surface area contributed by atoms with E-state index in [1.54, 1.807) is 0 Å². The van der Waals surface area contributed by atoms with Crippen molar-refractivity contribution in [2.45, 2.75) is 19.4 Å². The van der Waals surface area contributed by atoms with E-state index < -0.39 is 0 Å². The van der Waals surface area contributed by atoms with Crippen molar-refractivity contribution in [1.82, 2.24) is 10.2 Å². The predicted molar refractivity (Wildman–Crippen MR) is 101 cm³/mol. The van der Waals surface area contributed by atoms with Gasteiger partial charge in [-0.2, -0.15) is 0 Å². The first kappa shape index (κ1) is 18.5. The lowest BCUT2D eigenvalue weighted by Gasteiger charge is -2.20. The molecule has 1 aliphatic carbocycles. The monoisotopic (exact) mass is 344 g/mol. The highest BCUT2D eigenvalue weighted by Gasteiger charge is 2.21. The molecule has 1 fully saturated rings. The van der Waals surface area contributed by atoms with Crippen molar-refractivity contribution < 1.29 is 4.79 Å². The minimum Gasteiger partial charge on any atom is -0.340 e. The summed E-state index contributed by atoms with van der Waals surface area (Å²) >= 11 is 0. The average molecular weight is 345 g/mol. The Morgan fingerprint density at radius 2 is 1.75 bits per heavy atom. The van der Waals surface area contributed by atoms with Crippen LogP contribution in [0.5, 0.6) is 0 Å². The summed E-state index contributed by atoms with van der Waals surface area (Å²) in [6, 6.07) is 18.6. The van der Waals surface area contributed by atoms with Gasteiger partial charge in [0, 0.05) is 13.6 Å². The fourth-order valence-corrected chi connectivity index (χ4v) is 2.74. The summed E-state index contributed by atoms with van der Waals surface area (Å²) in [5, 5.41) is 3.27. The fourth-order valence-electron chi connectivity index (χ4n) is 2.74. The minimum absolute atomic E-state index is 0. The first-order valence-electron chi connectivity index (χ1n) is 8.32. The quantitative estimate of drug-likeness (QED) is 0.830. The van der Waals surface area contributed by atoms with E-state index in [-0.39, 0.29) is 18.3 Å². The van der Waals surface area contributed by atoms with Gasteiger partial charge < -0.3 is 10.2 Å². The second kappa shape index (κ2) is 8.86. The summed E-state index contributed by atoms with van der Waals surface area (Å²) in [6.07, 6.45) is 2.61. The standard InChI is InChI=1S/C20H24N2O.ClH/c1-22(20(23)14-21-13-16-11-12-16)15-18-9-5-6-10-19(18)17-7-3-2-4-8-17;/h2-10,16,21H,11-15H2,1H3;1H. The Bertz CT molecular complexity index is 656. The van der Waals surface area contributed by atoms with Crippen LogP contribution in [0.2, 0.25) is 0 Å². The Morgan fingerprint density at radius 3 is 2.46 bits per heavy atom. The number of nitrogens with one attached hydrogen (secondary N) is 1. The molecule has 3 rings (SSSR count). The van der Waals surface area contributed by atoms with Crippen LogP contribution in [0.3, 0.4) is 0 Å². The van der Waals surface area contributed by atoms with E-state index in [0.717, 1.165) is 12.5 Å². The summed E-state index contributed by atoms with van der Waals surface area (Å²) in [5.41, 5.74) is 3.56. The molecule has 1 amide bonds. The molecule has 0 saturated heterocycles. The third kappa shape index (κ3) is 5.08. The van der Waals surface area contributed by atoms with Crippen molar-refractivity contribution in [2.75, 3.05) is 20.1 Å². The van der Waals surface area contributed by atoms with Gasteiger partial charge in [0.1, 0.15) is 0 Å². The van der Waals surface area contributed by atoms with Gasteiger partial charge in [0.15, 0.2) is 0 Å². The van der Waals surface area contributed by atoms with Gasteiger partial charge in [-0.1, -0.05) is 54.6 Å². The molecule has 0 aliphatic heterocycles. The number of carbonyl (C=O) groups excluding carboxylic acids is 1. The summed E-state index contributed by atoms with van der Waals surface area (Å²) < 4.78 is 0. The summed E-state index contributed by atoms with van der Waals surface area (Å²) in [7, 11) is 1.88. The van der Waals surface area contributed by atoms with Gasteiger partial charge in [-0.25, -0.2) is 0 Å². The van der Waals surface area contributed by atoms with Crippen molar-refractivity contribution in [3.8, 4) is 11.1 Å².